The fourth-order valence-corrected chi connectivity index (χ4v) is 3.66. The first-order valence-corrected chi connectivity index (χ1v) is 10.7. The lowest BCUT2D eigenvalue weighted by atomic mass is 10.0. The molecule has 7 nitrogen and oxygen atoms in total. The predicted octanol–water partition coefficient (Wildman–Crippen LogP) is 5.70. The third-order valence-corrected chi connectivity index (χ3v) is 5.36. The molecule has 0 bridgehead atoms. The van der Waals surface area contributed by atoms with Crippen molar-refractivity contribution in [2.75, 3.05) is 5.73 Å². The highest BCUT2D eigenvalue weighted by Crippen LogP contribution is 2.36. The van der Waals surface area contributed by atoms with E-state index in [0.29, 0.717) is 17.2 Å². The van der Waals surface area contributed by atoms with E-state index in [1.807, 2.05) is 84.9 Å². The zero-order valence-corrected chi connectivity index (χ0v) is 18.2. The number of rotatable bonds is 6. The minimum atomic E-state index is 0.381. The fraction of sp³-hybridized carbons (Fsp3) is 0. The number of aliphatic imine (C=N–C) groups is 1. The number of nitrogen functional groups attached to an aromatic ring is 1. The van der Waals surface area contributed by atoms with Gasteiger partial charge >= 0.3 is 0 Å². The number of nitrogens with two attached hydrogens (primary N) is 2. The van der Waals surface area contributed by atoms with E-state index in [9.17, 15) is 0 Å². The van der Waals surface area contributed by atoms with Gasteiger partial charge in [-0.2, -0.15) is 5.10 Å². The number of nitrogens with one attached hydrogen (secondary N) is 1. The number of pyridine rings is 1. The Hall–Kier alpha value is -4.91. The van der Waals surface area contributed by atoms with Gasteiger partial charge in [0.1, 0.15) is 17.0 Å². The highest BCUT2D eigenvalue weighted by atomic mass is 16.5. The van der Waals surface area contributed by atoms with Crippen molar-refractivity contribution in [2.45, 2.75) is 0 Å². The molecule has 2 heterocycles. The van der Waals surface area contributed by atoms with Crippen LogP contribution in [-0.2, 0) is 0 Å². The van der Waals surface area contributed by atoms with E-state index in [-0.39, 0.29) is 0 Å². The molecule has 34 heavy (non-hydrogen) atoms. The van der Waals surface area contributed by atoms with E-state index in [2.05, 4.69) is 20.2 Å². The molecule has 7 heteroatoms. The molecule has 5 aromatic rings. The predicted molar refractivity (Wildman–Crippen MR) is 137 cm³/mol. The van der Waals surface area contributed by atoms with Gasteiger partial charge in [-0.25, -0.2) is 9.98 Å². The maximum absolute atomic E-state index is 6.21. The average Bonchev–Trinajstić information content (AvgIpc) is 3.28. The van der Waals surface area contributed by atoms with Gasteiger partial charge in [0, 0.05) is 29.7 Å². The molecule has 0 radical (unpaired) electrons. The SMILES string of the molecule is NC=C(C=Nc1ncc(-c2ccc(Oc3ccccc3)cc2)c2c(N)n[nH]c12)c1ccccc1. The minimum absolute atomic E-state index is 0.381. The molecule has 0 aliphatic rings. The fourth-order valence-electron chi connectivity index (χ4n) is 3.66. The number of anilines is 1. The van der Waals surface area contributed by atoms with E-state index < -0.39 is 0 Å². The summed E-state index contributed by atoms with van der Waals surface area (Å²) in [7, 11) is 0. The topological polar surface area (TPSA) is 115 Å². The molecule has 0 saturated heterocycles. The number of benzene rings is 3. The van der Waals surface area contributed by atoms with Crippen LogP contribution >= 0.6 is 0 Å². The number of hydrogen-bond donors (Lipinski definition) is 3. The summed E-state index contributed by atoms with van der Waals surface area (Å²) in [6, 6.07) is 27.2. The largest absolute Gasteiger partial charge is 0.457 e. The molecule has 0 unspecified atom stereocenters. The molecule has 3 aromatic carbocycles. The second kappa shape index (κ2) is 9.30. The van der Waals surface area contributed by atoms with Gasteiger partial charge in [0.05, 0.1) is 5.39 Å². The second-order valence-corrected chi connectivity index (χ2v) is 7.54. The van der Waals surface area contributed by atoms with Crippen LogP contribution < -0.4 is 16.2 Å². The second-order valence-electron chi connectivity index (χ2n) is 7.54. The first kappa shape index (κ1) is 21.0. The summed E-state index contributed by atoms with van der Waals surface area (Å²) in [6.07, 6.45) is 4.95. The van der Waals surface area contributed by atoms with Crippen molar-refractivity contribution in [3.63, 3.8) is 0 Å². The Labute approximate surface area is 196 Å². The third-order valence-electron chi connectivity index (χ3n) is 5.36. The maximum Gasteiger partial charge on any atom is 0.178 e. The lowest BCUT2D eigenvalue weighted by Crippen LogP contribution is -1.92. The van der Waals surface area contributed by atoms with Crippen LogP contribution in [0.1, 0.15) is 5.56 Å². The first-order chi connectivity index (χ1) is 16.7. The number of H-pyrrole nitrogens is 1. The summed E-state index contributed by atoms with van der Waals surface area (Å²) in [5.41, 5.74) is 16.2. The Bertz CT molecular complexity index is 1470. The normalized spacial score (nSPS) is 11.8. The van der Waals surface area contributed by atoms with Gasteiger partial charge < -0.3 is 16.2 Å². The van der Waals surface area contributed by atoms with Gasteiger partial charge in [0.25, 0.3) is 0 Å². The number of allylic oxidation sites excluding steroid dienone is 1. The Morgan fingerprint density at radius 2 is 1.56 bits per heavy atom. The lowest BCUT2D eigenvalue weighted by molar-refractivity contribution is 0.483. The zero-order valence-electron chi connectivity index (χ0n) is 18.2. The van der Waals surface area contributed by atoms with Crippen LogP contribution in [0.5, 0.6) is 11.5 Å². The highest BCUT2D eigenvalue weighted by Gasteiger charge is 2.15. The zero-order chi connectivity index (χ0) is 23.3. The minimum Gasteiger partial charge on any atom is -0.457 e. The molecule has 0 aliphatic heterocycles. The summed E-state index contributed by atoms with van der Waals surface area (Å²) in [4.78, 5) is 9.12. The van der Waals surface area contributed by atoms with Crippen molar-refractivity contribution in [1.29, 1.82) is 0 Å². The summed E-state index contributed by atoms with van der Waals surface area (Å²) in [5, 5.41) is 7.92. The van der Waals surface area contributed by atoms with Crippen molar-refractivity contribution >= 4 is 34.3 Å². The van der Waals surface area contributed by atoms with E-state index in [1.54, 1.807) is 12.4 Å². The van der Waals surface area contributed by atoms with E-state index >= 15 is 0 Å². The number of nitrogens with zero attached hydrogens (tertiary/aromatic N) is 3. The number of ether oxygens (including phenoxy) is 1. The van der Waals surface area contributed by atoms with Gasteiger partial charge in [-0.05, 0) is 35.4 Å². The van der Waals surface area contributed by atoms with Crippen molar-refractivity contribution in [2.24, 2.45) is 10.7 Å². The summed E-state index contributed by atoms with van der Waals surface area (Å²) in [6.45, 7) is 0. The monoisotopic (exact) mass is 446 g/mol. The van der Waals surface area contributed by atoms with Gasteiger partial charge in [0.15, 0.2) is 11.6 Å². The molecular weight excluding hydrogens is 424 g/mol. The highest BCUT2D eigenvalue weighted by molar-refractivity contribution is 6.12. The molecule has 5 rings (SSSR count). The van der Waals surface area contributed by atoms with Crippen LogP contribution in [-0.4, -0.2) is 21.4 Å². The van der Waals surface area contributed by atoms with Crippen LogP contribution in [0.15, 0.2) is 102 Å². The van der Waals surface area contributed by atoms with Gasteiger partial charge in [-0.15, -0.1) is 0 Å². The van der Waals surface area contributed by atoms with Crippen LogP contribution in [0.4, 0.5) is 11.6 Å². The van der Waals surface area contributed by atoms with Crippen LogP contribution in [0, 0.1) is 0 Å². The number of aromatic nitrogens is 3. The Morgan fingerprint density at radius 1 is 0.882 bits per heavy atom. The number of aromatic amines is 1. The van der Waals surface area contributed by atoms with Crippen molar-refractivity contribution in [1.82, 2.24) is 15.2 Å². The molecular formula is C27H22N6O. The number of fused-ring (bicyclic) bond motifs is 1. The summed E-state index contributed by atoms with van der Waals surface area (Å²) in [5.74, 6) is 2.37. The van der Waals surface area contributed by atoms with Crippen LogP contribution in [0.3, 0.4) is 0 Å². The molecule has 5 N–H and O–H groups in total. The van der Waals surface area contributed by atoms with Crippen LogP contribution in [0.2, 0.25) is 0 Å². The Morgan fingerprint density at radius 3 is 2.26 bits per heavy atom. The average molecular weight is 447 g/mol. The number of hydrogen-bond acceptors (Lipinski definition) is 6. The van der Waals surface area contributed by atoms with E-state index in [4.69, 9.17) is 16.2 Å². The third kappa shape index (κ3) is 4.22. The molecule has 0 fully saturated rings. The molecule has 166 valence electrons. The molecule has 0 spiro atoms. The molecule has 0 aliphatic carbocycles. The van der Waals surface area contributed by atoms with Crippen molar-refractivity contribution < 1.29 is 4.74 Å². The van der Waals surface area contributed by atoms with Crippen LogP contribution in [0.25, 0.3) is 27.6 Å². The quantitative estimate of drug-likeness (QED) is 0.289. The molecule has 0 saturated carbocycles. The smallest absolute Gasteiger partial charge is 0.178 e. The molecule has 2 aromatic heterocycles. The van der Waals surface area contributed by atoms with Crippen molar-refractivity contribution in [3.05, 3.63) is 103 Å². The van der Waals surface area contributed by atoms with E-state index in [0.717, 1.165) is 39.1 Å². The molecule has 0 atom stereocenters. The van der Waals surface area contributed by atoms with Gasteiger partial charge in [-0.1, -0.05) is 60.7 Å². The van der Waals surface area contributed by atoms with Gasteiger partial charge in [0.2, 0.25) is 0 Å². The summed E-state index contributed by atoms with van der Waals surface area (Å²) < 4.78 is 5.89. The van der Waals surface area contributed by atoms with Gasteiger partial charge in [-0.3, -0.25) is 5.10 Å². The van der Waals surface area contributed by atoms with E-state index in [1.165, 1.54) is 6.20 Å². The standard InChI is InChI=1S/C27H22N6O/c28-15-20(18-7-3-1-4-8-18)16-30-27-25-24(26(29)33-32-25)23(17-31-27)19-11-13-22(14-12-19)34-21-9-5-2-6-10-21/h1-17H,28H2,(H3,29,32,33). The Balaban J connectivity index is 1.46. The molecule has 0 amide bonds. The lowest BCUT2D eigenvalue weighted by Gasteiger charge is -2.08. The first-order valence-electron chi connectivity index (χ1n) is 10.7. The summed E-state index contributed by atoms with van der Waals surface area (Å²) >= 11 is 0. The number of para-hydroxylation sites is 1. The van der Waals surface area contributed by atoms with Crippen molar-refractivity contribution in [3.8, 4) is 22.6 Å². The Kier molecular flexibility index (Phi) is 5.73. The maximum atomic E-state index is 6.21.